The SMILES string of the molecule is C#CCC(NN)C1CCCCC1C. The number of hydrogen-bond donors (Lipinski definition) is 2. The molecule has 0 aromatic heterocycles. The van der Waals surface area contributed by atoms with E-state index in [0.29, 0.717) is 12.0 Å². The van der Waals surface area contributed by atoms with Gasteiger partial charge in [0, 0.05) is 12.5 Å². The summed E-state index contributed by atoms with van der Waals surface area (Å²) in [7, 11) is 0. The van der Waals surface area contributed by atoms with Gasteiger partial charge in [-0.2, -0.15) is 0 Å². The molecule has 0 spiro atoms. The number of hydrazine groups is 1. The minimum Gasteiger partial charge on any atom is -0.271 e. The van der Waals surface area contributed by atoms with E-state index in [9.17, 15) is 0 Å². The van der Waals surface area contributed by atoms with Gasteiger partial charge in [-0.25, -0.2) is 0 Å². The third kappa shape index (κ3) is 2.72. The minimum absolute atomic E-state index is 0.320. The molecule has 1 fully saturated rings. The van der Waals surface area contributed by atoms with Crippen LogP contribution in [0.2, 0.25) is 0 Å². The molecule has 1 saturated carbocycles. The van der Waals surface area contributed by atoms with E-state index in [-0.39, 0.29) is 0 Å². The third-order valence-corrected chi connectivity index (χ3v) is 3.25. The summed E-state index contributed by atoms with van der Waals surface area (Å²) in [5, 5.41) is 0. The molecule has 0 aromatic carbocycles. The van der Waals surface area contributed by atoms with Crippen LogP contribution in [0.5, 0.6) is 0 Å². The first-order chi connectivity index (χ1) is 6.29. The van der Waals surface area contributed by atoms with Gasteiger partial charge in [-0.05, 0) is 18.3 Å². The highest BCUT2D eigenvalue weighted by atomic mass is 15.2. The molecule has 1 rings (SSSR count). The van der Waals surface area contributed by atoms with Gasteiger partial charge in [-0.1, -0.05) is 26.2 Å². The van der Waals surface area contributed by atoms with Gasteiger partial charge in [0.2, 0.25) is 0 Å². The summed E-state index contributed by atoms with van der Waals surface area (Å²) in [5.74, 6) is 9.64. The van der Waals surface area contributed by atoms with Gasteiger partial charge >= 0.3 is 0 Å². The average Bonchev–Trinajstić information content (AvgIpc) is 2.16. The Labute approximate surface area is 81.2 Å². The van der Waals surface area contributed by atoms with Gasteiger partial charge in [-0.15, -0.1) is 12.3 Å². The number of terminal acetylenes is 1. The molecule has 2 nitrogen and oxygen atoms in total. The highest BCUT2D eigenvalue weighted by molar-refractivity contribution is 4.93. The van der Waals surface area contributed by atoms with Crippen molar-refractivity contribution in [3.8, 4) is 12.3 Å². The molecule has 3 unspecified atom stereocenters. The van der Waals surface area contributed by atoms with Crippen molar-refractivity contribution >= 4 is 0 Å². The smallest absolute Gasteiger partial charge is 0.0350 e. The quantitative estimate of drug-likeness (QED) is 0.394. The van der Waals surface area contributed by atoms with Crippen LogP contribution in [0.3, 0.4) is 0 Å². The van der Waals surface area contributed by atoms with Crippen LogP contribution in [0.25, 0.3) is 0 Å². The van der Waals surface area contributed by atoms with Gasteiger partial charge in [-0.3, -0.25) is 11.3 Å². The Morgan fingerprint density at radius 2 is 2.23 bits per heavy atom. The maximum Gasteiger partial charge on any atom is 0.0350 e. The van der Waals surface area contributed by atoms with E-state index >= 15 is 0 Å². The van der Waals surface area contributed by atoms with Crippen molar-refractivity contribution in [1.29, 1.82) is 0 Å². The normalized spacial score (nSPS) is 30.8. The van der Waals surface area contributed by atoms with E-state index in [1.54, 1.807) is 0 Å². The zero-order chi connectivity index (χ0) is 9.68. The Morgan fingerprint density at radius 3 is 2.77 bits per heavy atom. The third-order valence-electron chi connectivity index (χ3n) is 3.25. The first-order valence-corrected chi connectivity index (χ1v) is 5.19. The highest BCUT2D eigenvalue weighted by Crippen LogP contribution is 2.32. The number of nitrogens with two attached hydrogens (primary N) is 1. The lowest BCUT2D eigenvalue weighted by Gasteiger charge is -2.34. The van der Waals surface area contributed by atoms with E-state index < -0.39 is 0 Å². The predicted octanol–water partition coefficient (Wildman–Crippen LogP) is 1.67. The van der Waals surface area contributed by atoms with Gasteiger partial charge in [0.15, 0.2) is 0 Å². The summed E-state index contributed by atoms with van der Waals surface area (Å²) in [6.45, 7) is 2.31. The lowest BCUT2D eigenvalue weighted by Crippen LogP contribution is -2.43. The molecule has 0 aromatic rings. The molecule has 1 aliphatic carbocycles. The number of rotatable bonds is 3. The van der Waals surface area contributed by atoms with Crippen LogP contribution < -0.4 is 11.3 Å². The summed E-state index contributed by atoms with van der Waals surface area (Å²) < 4.78 is 0. The second kappa shape index (κ2) is 5.26. The Hall–Kier alpha value is -0.520. The Morgan fingerprint density at radius 1 is 1.54 bits per heavy atom. The summed E-state index contributed by atoms with van der Waals surface area (Å²) in [6.07, 6.45) is 11.4. The van der Waals surface area contributed by atoms with Crippen molar-refractivity contribution in [2.24, 2.45) is 17.7 Å². The first-order valence-electron chi connectivity index (χ1n) is 5.19. The van der Waals surface area contributed by atoms with Crippen LogP contribution in [-0.2, 0) is 0 Å². The molecular weight excluding hydrogens is 160 g/mol. The predicted molar refractivity (Wildman–Crippen MR) is 55.7 cm³/mol. The van der Waals surface area contributed by atoms with Crippen molar-refractivity contribution < 1.29 is 0 Å². The summed E-state index contributed by atoms with van der Waals surface area (Å²) in [5.41, 5.74) is 2.86. The highest BCUT2D eigenvalue weighted by Gasteiger charge is 2.27. The molecule has 0 heterocycles. The standard InChI is InChI=1S/C11H20N2/c1-3-6-11(13-12)10-8-5-4-7-9(10)2/h1,9-11,13H,4-8,12H2,2H3. The van der Waals surface area contributed by atoms with E-state index in [1.807, 2.05) is 0 Å². The van der Waals surface area contributed by atoms with Crippen LogP contribution in [-0.4, -0.2) is 6.04 Å². The van der Waals surface area contributed by atoms with Gasteiger partial charge < -0.3 is 0 Å². The number of hydrogen-bond acceptors (Lipinski definition) is 2. The maximum absolute atomic E-state index is 5.51. The second-order valence-electron chi connectivity index (χ2n) is 4.11. The summed E-state index contributed by atoms with van der Waals surface area (Å²) in [4.78, 5) is 0. The number of nitrogens with one attached hydrogen (secondary N) is 1. The van der Waals surface area contributed by atoms with E-state index in [4.69, 9.17) is 12.3 Å². The fraction of sp³-hybridized carbons (Fsp3) is 0.818. The molecule has 0 bridgehead atoms. The molecule has 0 radical (unpaired) electrons. The van der Waals surface area contributed by atoms with Crippen molar-refractivity contribution in [2.45, 2.75) is 45.1 Å². The Bertz CT molecular complexity index is 183. The molecule has 2 heteroatoms. The minimum atomic E-state index is 0.320. The summed E-state index contributed by atoms with van der Waals surface area (Å²) in [6, 6.07) is 0.320. The van der Waals surface area contributed by atoms with Crippen molar-refractivity contribution in [3.05, 3.63) is 0 Å². The second-order valence-corrected chi connectivity index (χ2v) is 4.11. The molecule has 0 saturated heterocycles. The lowest BCUT2D eigenvalue weighted by molar-refractivity contribution is 0.196. The van der Waals surface area contributed by atoms with E-state index in [0.717, 1.165) is 12.3 Å². The lowest BCUT2D eigenvalue weighted by atomic mass is 9.75. The molecule has 74 valence electrons. The molecule has 1 aliphatic rings. The molecule has 3 N–H and O–H groups in total. The maximum atomic E-state index is 5.51. The summed E-state index contributed by atoms with van der Waals surface area (Å²) >= 11 is 0. The van der Waals surface area contributed by atoms with Crippen molar-refractivity contribution in [3.63, 3.8) is 0 Å². The van der Waals surface area contributed by atoms with Crippen LogP contribution in [0.1, 0.15) is 39.0 Å². The topological polar surface area (TPSA) is 38.0 Å². The van der Waals surface area contributed by atoms with Gasteiger partial charge in [0.05, 0.1) is 0 Å². The fourth-order valence-electron chi connectivity index (χ4n) is 2.40. The van der Waals surface area contributed by atoms with Crippen LogP contribution >= 0.6 is 0 Å². The average molecular weight is 180 g/mol. The van der Waals surface area contributed by atoms with Crippen LogP contribution in [0.15, 0.2) is 0 Å². The van der Waals surface area contributed by atoms with Gasteiger partial charge in [0.1, 0.15) is 0 Å². The molecule has 0 amide bonds. The first kappa shape index (κ1) is 10.6. The Balaban J connectivity index is 2.50. The van der Waals surface area contributed by atoms with Crippen molar-refractivity contribution in [2.75, 3.05) is 0 Å². The van der Waals surface area contributed by atoms with E-state index in [2.05, 4.69) is 18.3 Å². The molecule has 0 aliphatic heterocycles. The Kier molecular flexibility index (Phi) is 4.27. The zero-order valence-corrected chi connectivity index (χ0v) is 8.42. The zero-order valence-electron chi connectivity index (χ0n) is 8.42. The van der Waals surface area contributed by atoms with Crippen molar-refractivity contribution in [1.82, 2.24) is 5.43 Å². The molecule has 3 atom stereocenters. The fourth-order valence-corrected chi connectivity index (χ4v) is 2.40. The van der Waals surface area contributed by atoms with Crippen LogP contribution in [0, 0.1) is 24.2 Å². The van der Waals surface area contributed by atoms with Crippen LogP contribution in [0.4, 0.5) is 0 Å². The monoisotopic (exact) mass is 180 g/mol. The molecule has 13 heavy (non-hydrogen) atoms. The van der Waals surface area contributed by atoms with E-state index in [1.165, 1.54) is 25.7 Å². The molecular formula is C11H20N2. The van der Waals surface area contributed by atoms with Gasteiger partial charge in [0.25, 0.3) is 0 Å². The largest absolute Gasteiger partial charge is 0.271 e.